The number of fused-ring (bicyclic) bond motifs is 3. The Labute approximate surface area is 120 Å². The number of anilines is 1. The molecule has 0 aliphatic rings. The van der Waals surface area contributed by atoms with Crippen LogP contribution >= 0.6 is 0 Å². The molecular formula is C15H15N3O3. The molecule has 1 aromatic carbocycles. The lowest BCUT2D eigenvalue weighted by Gasteiger charge is -2.13. The molecule has 0 saturated heterocycles. The first-order valence-corrected chi connectivity index (χ1v) is 6.82. The Bertz CT molecular complexity index is 797. The molecule has 0 aliphatic heterocycles. The van der Waals surface area contributed by atoms with Gasteiger partial charge in [-0.3, -0.25) is 0 Å². The van der Waals surface area contributed by atoms with Gasteiger partial charge in [-0.15, -0.1) is 0 Å². The van der Waals surface area contributed by atoms with Gasteiger partial charge in [0.2, 0.25) is 0 Å². The molecule has 0 amide bonds. The summed E-state index contributed by atoms with van der Waals surface area (Å²) in [6.07, 6.45) is 2.69. The second kappa shape index (κ2) is 5.40. The van der Waals surface area contributed by atoms with Crippen molar-refractivity contribution in [3.63, 3.8) is 0 Å². The highest BCUT2D eigenvalue weighted by Gasteiger charge is 2.20. The van der Waals surface area contributed by atoms with Crippen molar-refractivity contribution in [3.8, 4) is 0 Å². The molecule has 6 nitrogen and oxygen atoms in total. The first-order valence-electron chi connectivity index (χ1n) is 6.82. The van der Waals surface area contributed by atoms with Crippen LogP contribution in [0.5, 0.6) is 0 Å². The van der Waals surface area contributed by atoms with Gasteiger partial charge < -0.3 is 14.8 Å². The second-order valence-electron chi connectivity index (χ2n) is 4.82. The Morgan fingerprint density at radius 2 is 2.19 bits per heavy atom. The van der Waals surface area contributed by atoms with Crippen LogP contribution in [0.1, 0.15) is 19.8 Å². The number of furan rings is 1. The van der Waals surface area contributed by atoms with E-state index in [4.69, 9.17) is 4.42 Å². The van der Waals surface area contributed by atoms with E-state index >= 15 is 0 Å². The van der Waals surface area contributed by atoms with Crippen LogP contribution in [0.2, 0.25) is 0 Å². The minimum absolute atomic E-state index is 0.414. The number of carbonyl (C=O) groups is 1. The molecule has 0 spiro atoms. The van der Waals surface area contributed by atoms with Crippen molar-refractivity contribution in [2.24, 2.45) is 0 Å². The van der Waals surface area contributed by atoms with Crippen LogP contribution in [0, 0.1) is 0 Å². The molecule has 0 fully saturated rings. The van der Waals surface area contributed by atoms with Crippen LogP contribution in [-0.2, 0) is 4.79 Å². The summed E-state index contributed by atoms with van der Waals surface area (Å²) in [5, 5.41) is 13.1. The Balaban J connectivity index is 2.08. The van der Waals surface area contributed by atoms with Crippen molar-refractivity contribution >= 4 is 33.9 Å². The van der Waals surface area contributed by atoms with Gasteiger partial charge in [-0.25, -0.2) is 14.8 Å². The van der Waals surface area contributed by atoms with E-state index in [-0.39, 0.29) is 0 Å². The van der Waals surface area contributed by atoms with E-state index in [1.807, 2.05) is 31.2 Å². The van der Waals surface area contributed by atoms with E-state index in [2.05, 4.69) is 15.3 Å². The fraction of sp³-hybridized carbons (Fsp3) is 0.267. The standard InChI is InChI=1S/C15H15N3O3/c1-2-5-10(15(19)20)18-14-13-12(16-8-17-14)9-6-3-4-7-11(9)21-13/h3-4,6-8,10H,2,5H2,1H3,(H,19,20)(H,16,17,18). The van der Waals surface area contributed by atoms with Crippen LogP contribution < -0.4 is 5.32 Å². The summed E-state index contributed by atoms with van der Waals surface area (Å²) >= 11 is 0. The lowest BCUT2D eigenvalue weighted by molar-refractivity contribution is -0.138. The number of nitrogens with zero attached hydrogens (tertiary/aromatic N) is 2. The molecule has 21 heavy (non-hydrogen) atoms. The van der Waals surface area contributed by atoms with Crippen LogP contribution in [0.15, 0.2) is 35.0 Å². The highest BCUT2D eigenvalue weighted by molar-refractivity contribution is 6.05. The molecule has 6 heteroatoms. The maximum atomic E-state index is 11.3. The SMILES string of the molecule is CCCC(Nc1ncnc2c1oc1ccccc12)C(=O)O. The average Bonchev–Trinajstić information content (AvgIpc) is 2.86. The second-order valence-corrected chi connectivity index (χ2v) is 4.82. The topological polar surface area (TPSA) is 88.3 Å². The van der Waals surface area contributed by atoms with E-state index in [1.165, 1.54) is 6.33 Å². The number of carboxylic acid groups (broad SMARTS) is 1. The zero-order chi connectivity index (χ0) is 14.8. The van der Waals surface area contributed by atoms with E-state index < -0.39 is 12.0 Å². The molecule has 3 aromatic rings. The highest BCUT2D eigenvalue weighted by atomic mass is 16.4. The maximum absolute atomic E-state index is 11.3. The fourth-order valence-corrected chi connectivity index (χ4v) is 2.34. The first kappa shape index (κ1) is 13.4. The minimum Gasteiger partial charge on any atom is -0.480 e. The average molecular weight is 285 g/mol. The smallest absolute Gasteiger partial charge is 0.326 e. The van der Waals surface area contributed by atoms with E-state index in [1.54, 1.807) is 0 Å². The summed E-state index contributed by atoms with van der Waals surface area (Å²) < 4.78 is 5.76. The molecule has 2 aromatic heterocycles. The molecule has 2 heterocycles. The third-order valence-corrected chi connectivity index (χ3v) is 3.34. The summed E-state index contributed by atoms with van der Waals surface area (Å²) in [6.45, 7) is 1.94. The monoisotopic (exact) mass is 285 g/mol. The van der Waals surface area contributed by atoms with Crippen molar-refractivity contribution in [3.05, 3.63) is 30.6 Å². The molecular weight excluding hydrogens is 270 g/mol. The zero-order valence-electron chi connectivity index (χ0n) is 11.5. The third-order valence-electron chi connectivity index (χ3n) is 3.34. The zero-order valence-corrected chi connectivity index (χ0v) is 11.5. The molecule has 3 rings (SSSR count). The summed E-state index contributed by atoms with van der Waals surface area (Å²) in [6, 6.07) is 6.85. The summed E-state index contributed by atoms with van der Waals surface area (Å²) in [4.78, 5) is 19.6. The lowest BCUT2D eigenvalue weighted by atomic mass is 10.1. The van der Waals surface area contributed by atoms with Gasteiger partial charge in [-0.1, -0.05) is 25.5 Å². The van der Waals surface area contributed by atoms with Crippen molar-refractivity contribution in [2.75, 3.05) is 5.32 Å². The number of benzene rings is 1. The number of aromatic nitrogens is 2. The number of rotatable bonds is 5. The molecule has 2 N–H and O–H groups in total. The largest absolute Gasteiger partial charge is 0.480 e. The Hall–Kier alpha value is -2.63. The van der Waals surface area contributed by atoms with Gasteiger partial charge in [0.1, 0.15) is 23.5 Å². The van der Waals surface area contributed by atoms with Crippen molar-refractivity contribution in [1.82, 2.24) is 9.97 Å². The fourth-order valence-electron chi connectivity index (χ4n) is 2.34. The number of carboxylic acids is 1. The van der Waals surface area contributed by atoms with E-state index in [0.29, 0.717) is 28.9 Å². The van der Waals surface area contributed by atoms with Gasteiger partial charge in [0, 0.05) is 5.39 Å². The normalized spacial score (nSPS) is 12.6. The van der Waals surface area contributed by atoms with Crippen molar-refractivity contribution < 1.29 is 14.3 Å². The molecule has 1 unspecified atom stereocenters. The molecule has 0 aliphatic carbocycles. The number of aliphatic carboxylic acids is 1. The van der Waals surface area contributed by atoms with Crippen LogP contribution in [0.4, 0.5) is 5.82 Å². The third kappa shape index (κ3) is 2.40. The number of nitrogens with one attached hydrogen (secondary N) is 1. The Kier molecular flexibility index (Phi) is 3.43. The maximum Gasteiger partial charge on any atom is 0.326 e. The van der Waals surface area contributed by atoms with E-state index in [9.17, 15) is 9.90 Å². The lowest BCUT2D eigenvalue weighted by Crippen LogP contribution is -2.29. The molecule has 108 valence electrons. The summed E-state index contributed by atoms with van der Waals surface area (Å²) in [5.41, 5.74) is 1.88. The number of hydrogen-bond acceptors (Lipinski definition) is 5. The van der Waals surface area contributed by atoms with Gasteiger partial charge in [0.25, 0.3) is 0 Å². The molecule has 1 atom stereocenters. The molecule has 0 saturated carbocycles. The number of para-hydroxylation sites is 1. The quantitative estimate of drug-likeness (QED) is 0.749. The van der Waals surface area contributed by atoms with E-state index in [0.717, 1.165) is 11.8 Å². The van der Waals surface area contributed by atoms with Gasteiger partial charge >= 0.3 is 5.97 Å². The van der Waals surface area contributed by atoms with Gasteiger partial charge in [0.15, 0.2) is 11.4 Å². The van der Waals surface area contributed by atoms with Gasteiger partial charge in [-0.05, 0) is 18.6 Å². The van der Waals surface area contributed by atoms with Crippen LogP contribution in [-0.4, -0.2) is 27.1 Å². The predicted molar refractivity (Wildman–Crippen MR) is 79.3 cm³/mol. The first-order chi connectivity index (χ1) is 10.2. The minimum atomic E-state index is -0.903. The Morgan fingerprint density at radius 3 is 2.95 bits per heavy atom. The predicted octanol–water partition coefficient (Wildman–Crippen LogP) is 3.04. The molecule has 0 radical (unpaired) electrons. The van der Waals surface area contributed by atoms with Crippen molar-refractivity contribution in [1.29, 1.82) is 0 Å². The van der Waals surface area contributed by atoms with Crippen LogP contribution in [0.3, 0.4) is 0 Å². The van der Waals surface area contributed by atoms with Crippen LogP contribution in [0.25, 0.3) is 22.1 Å². The summed E-state index contributed by atoms with van der Waals surface area (Å²) in [5.74, 6) is -0.489. The van der Waals surface area contributed by atoms with Gasteiger partial charge in [0.05, 0.1) is 0 Å². The number of hydrogen-bond donors (Lipinski definition) is 2. The van der Waals surface area contributed by atoms with Crippen molar-refractivity contribution in [2.45, 2.75) is 25.8 Å². The highest BCUT2D eigenvalue weighted by Crippen LogP contribution is 2.30. The summed E-state index contributed by atoms with van der Waals surface area (Å²) in [7, 11) is 0. The Morgan fingerprint density at radius 1 is 1.38 bits per heavy atom. The van der Waals surface area contributed by atoms with Gasteiger partial charge in [-0.2, -0.15) is 0 Å². The molecule has 0 bridgehead atoms.